The quantitative estimate of drug-likeness (QED) is 0.537. The van der Waals surface area contributed by atoms with Crippen LogP contribution in [0.4, 0.5) is 18.0 Å². The highest BCUT2D eigenvalue weighted by atomic mass is 79.9. The van der Waals surface area contributed by atoms with Gasteiger partial charge in [-0.1, -0.05) is 12.1 Å². The molecule has 0 aliphatic rings. The van der Waals surface area contributed by atoms with Crippen molar-refractivity contribution in [1.29, 1.82) is 0 Å². The molecule has 1 amide bonds. The van der Waals surface area contributed by atoms with Crippen LogP contribution >= 0.6 is 15.9 Å². The molecule has 0 atom stereocenters. The molecule has 2 aromatic carbocycles. The van der Waals surface area contributed by atoms with E-state index in [1.54, 1.807) is 0 Å². The topological polar surface area (TPSA) is 82.4 Å². The molecule has 0 radical (unpaired) electrons. The molecule has 3 rings (SSSR count). The summed E-state index contributed by atoms with van der Waals surface area (Å²) in [7, 11) is 1.20. The first-order chi connectivity index (χ1) is 15.2. The first-order valence-electron chi connectivity index (χ1n) is 9.18. The van der Waals surface area contributed by atoms with Crippen molar-refractivity contribution in [1.82, 2.24) is 14.9 Å². The maximum atomic E-state index is 14.2. The van der Waals surface area contributed by atoms with Crippen LogP contribution in [0.5, 0.6) is 5.88 Å². The van der Waals surface area contributed by atoms with Gasteiger partial charge < -0.3 is 14.8 Å². The number of carbonyl (C=O) groups excluding carboxylic acids is 1. The van der Waals surface area contributed by atoms with Crippen LogP contribution in [0.2, 0.25) is 0 Å². The van der Waals surface area contributed by atoms with Crippen LogP contribution in [0.15, 0.2) is 45.7 Å². The molecule has 32 heavy (non-hydrogen) atoms. The zero-order valence-electron chi connectivity index (χ0n) is 16.9. The Labute approximate surface area is 188 Å². The van der Waals surface area contributed by atoms with Gasteiger partial charge in [0.25, 0.3) is 5.56 Å². The Kier molecular flexibility index (Phi) is 7.18. The molecule has 0 saturated heterocycles. The summed E-state index contributed by atoms with van der Waals surface area (Å²) in [5.41, 5.74) is -0.392. The summed E-state index contributed by atoms with van der Waals surface area (Å²) in [6, 6.07) is 7.14. The number of nitrogens with one attached hydrogen (secondary N) is 1. The van der Waals surface area contributed by atoms with Gasteiger partial charge in [-0.15, -0.1) is 0 Å². The van der Waals surface area contributed by atoms with Gasteiger partial charge in [0.05, 0.1) is 7.11 Å². The van der Waals surface area contributed by atoms with Crippen molar-refractivity contribution in [2.24, 2.45) is 0 Å². The van der Waals surface area contributed by atoms with Gasteiger partial charge in [-0.05, 0) is 58.2 Å². The smallest absolute Gasteiger partial charge is 0.407 e. The van der Waals surface area contributed by atoms with Gasteiger partial charge in [0.15, 0.2) is 0 Å². The molecule has 0 bridgehead atoms. The number of benzene rings is 2. The number of aryl methyl sites for hydroxylation is 1. The van der Waals surface area contributed by atoms with Crippen LogP contribution < -0.4 is 15.6 Å². The van der Waals surface area contributed by atoms with Gasteiger partial charge in [0.1, 0.15) is 40.0 Å². The van der Waals surface area contributed by atoms with Crippen LogP contribution in [0.25, 0.3) is 5.69 Å². The average Bonchev–Trinajstić information content (AvgIpc) is 2.76. The molecular formula is C21H17BrF3N3O4. The molecule has 0 aliphatic heterocycles. The van der Waals surface area contributed by atoms with Crippen LogP contribution in [0.3, 0.4) is 0 Å². The molecule has 1 N–H and O–H groups in total. The summed E-state index contributed by atoms with van der Waals surface area (Å²) in [5.74, 6) is -2.49. The standard InChI is InChI=1S/C21H17BrF3N3O4/c1-11-27-19(17(22)20(29)28(11)18-15(24)4-3-5-16(18)25)32-10-12-6-7-14(23)8-13(12)9-26-21(30)31-2/h3-8H,9-10H2,1-2H3,(H,26,30). The van der Waals surface area contributed by atoms with E-state index in [0.717, 1.165) is 16.7 Å². The summed E-state index contributed by atoms with van der Waals surface area (Å²) < 4.78 is 52.8. The molecule has 3 aromatic rings. The summed E-state index contributed by atoms with van der Waals surface area (Å²) >= 11 is 3.08. The molecule has 11 heteroatoms. The normalized spacial score (nSPS) is 10.7. The predicted octanol–water partition coefficient (Wildman–Crippen LogP) is 4.16. The Balaban J connectivity index is 1.91. The summed E-state index contributed by atoms with van der Waals surface area (Å²) in [6.07, 6.45) is -0.690. The van der Waals surface area contributed by atoms with Crippen molar-refractivity contribution in [3.8, 4) is 11.6 Å². The van der Waals surface area contributed by atoms with E-state index < -0.39 is 34.8 Å². The van der Waals surface area contributed by atoms with Crippen molar-refractivity contribution in [3.63, 3.8) is 0 Å². The Hall–Kier alpha value is -3.34. The van der Waals surface area contributed by atoms with E-state index in [1.165, 1.54) is 38.3 Å². The predicted molar refractivity (Wildman–Crippen MR) is 112 cm³/mol. The second-order valence-electron chi connectivity index (χ2n) is 6.54. The number of nitrogens with zero attached hydrogens (tertiary/aromatic N) is 2. The highest BCUT2D eigenvalue weighted by Crippen LogP contribution is 2.24. The Morgan fingerprint density at radius 1 is 1.16 bits per heavy atom. The lowest BCUT2D eigenvalue weighted by molar-refractivity contribution is 0.170. The fourth-order valence-corrected chi connectivity index (χ4v) is 3.31. The van der Waals surface area contributed by atoms with E-state index in [0.29, 0.717) is 11.1 Å². The molecule has 0 aliphatic carbocycles. The maximum absolute atomic E-state index is 14.2. The molecule has 1 aromatic heterocycles. The van der Waals surface area contributed by atoms with E-state index in [1.807, 2.05) is 0 Å². The lowest BCUT2D eigenvalue weighted by Gasteiger charge is -2.15. The lowest BCUT2D eigenvalue weighted by atomic mass is 10.1. The van der Waals surface area contributed by atoms with Crippen LogP contribution in [0, 0.1) is 24.4 Å². The summed E-state index contributed by atoms with van der Waals surface area (Å²) in [5, 5.41) is 2.45. The molecular weight excluding hydrogens is 495 g/mol. The van der Waals surface area contributed by atoms with Crippen molar-refractivity contribution in [2.75, 3.05) is 7.11 Å². The van der Waals surface area contributed by atoms with Crippen molar-refractivity contribution in [2.45, 2.75) is 20.1 Å². The average molecular weight is 512 g/mol. The number of para-hydroxylation sites is 1. The number of halogens is 4. The minimum Gasteiger partial charge on any atom is -0.472 e. The van der Waals surface area contributed by atoms with Gasteiger partial charge in [0.2, 0.25) is 5.88 Å². The second kappa shape index (κ2) is 9.86. The highest BCUT2D eigenvalue weighted by molar-refractivity contribution is 9.10. The van der Waals surface area contributed by atoms with Crippen LogP contribution in [-0.2, 0) is 17.9 Å². The van der Waals surface area contributed by atoms with E-state index in [9.17, 15) is 22.8 Å². The lowest BCUT2D eigenvalue weighted by Crippen LogP contribution is -2.25. The number of aromatic nitrogens is 2. The number of amides is 1. The molecule has 0 saturated carbocycles. The highest BCUT2D eigenvalue weighted by Gasteiger charge is 2.20. The largest absolute Gasteiger partial charge is 0.472 e. The van der Waals surface area contributed by atoms with E-state index >= 15 is 0 Å². The number of rotatable bonds is 6. The maximum Gasteiger partial charge on any atom is 0.407 e. The number of carbonyl (C=O) groups is 1. The third-order valence-corrected chi connectivity index (χ3v) is 5.15. The SMILES string of the molecule is COC(=O)NCc1cc(F)ccc1COc1nc(C)n(-c2c(F)cccc2F)c(=O)c1Br. The van der Waals surface area contributed by atoms with Gasteiger partial charge in [-0.2, -0.15) is 4.98 Å². The first-order valence-corrected chi connectivity index (χ1v) is 9.97. The summed E-state index contributed by atoms with van der Waals surface area (Å²) in [4.78, 5) is 28.3. The molecule has 1 heterocycles. The monoisotopic (exact) mass is 511 g/mol. The number of methoxy groups -OCH3 is 1. The number of hydrogen-bond donors (Lipinski definition) is 1. The van der Waals surface area contributed by atoms with Gasteiger partial charge in [-0.3, -0.25) is 9.36 Å². The third-order valence-electron chi connectivity index (χ3n) is 4.47. The number of hydrogen-bond acceptors (Lipinski definition) is 5. The minimum atomic E-state index is -0.924. The third kappa shape index (κ3) is 4.93. The van der Waals surface area contributed by atoms with E-state index in [2.05, 4.69) is 31.0 Å². The Bertz CT molecular complexity index is 1210. The Morgan fingerprint density at radius 2 is 1.84 bits per heavy atom. The van der Waals surface area contributed by atoms with E-state index in [4.69, 9.17) is 4.74 Å². The second-order valence-corrected chi connectivity index (χ2v) is 7.33. The molecule has 0 unspecified atom stereocenters. The van der Waals surface area contributed by atoms with Crippen LogP contribution in [-0.4, -0.2) is 22.8 Å². The van der Waals surface area contributed by atoms with Gasteiger partial charge >= 0.3 is 6.09 Å². The van der Waals surface area contributed by atoms with Crippen molar-refractivity contribution < 1.29 is 27.4 Å². The summed E-state index contributed by atoms with van der Waals surface area (Å²) in [6.45, 7) is 1.25. The zero-order valence-corrected chi connectivity index (χ0v) is 18.5. The minimum absolute atomic E-state index is 0.0103. The Morgan fingerprint density at radius 3 is 2.50 bits per heavy atom. The van der Waals surface area contributed by atoms with Crippen LogP contribution in [0.1, 0.15) is 17.0 Å². The first kappa shape index (κ1) is 23.3. The number of ether oxygens (including phenoxy) is 2. The molecule has 0 fully saturated rings. The molecule has 7 nitrogen and oxygen atoms in total. The molecule has 0 spiro atoms. The van der Waals surface area contributed by atoms with Crippen molar-refractivity contribution >= 4 is 22.0 Å². The van der Waals surface area contributed by atoms with Gasteiger partial charge in [-0.25, -0.2) is 18.0 Å². The fraction of sp³-hybridized carbons (Fsp3) is 0.190. The molecule has 168 valence electrons. The number of alkyl carbamates (subject to hydrolysis) is 1. The van der Waals surface area contributed by atoms with E-state index in [-0.39, 0.29) is 29.3 Å². The fourth-order valence-electron chi connectivity index (χ4n) is 2.93. The zero-order chi connectivity index (χ0) is 23.4. The van der Waals surface area contributed by atoms with Crippen molar-refractivity contribution in [3.05, 3.63) is 85.6 Å². The van der Waals surface area contributed by atoms with Gasteiger partial charge in [0, 0.05) is 6.54 Å².